The molecule has 0 unspecified atom stereocenters. The number of carbonyl (C=O) groups is 1. The lowest BCUT2D eigenvalue weighted by molar-refractivity contribution is -0.121. The molecule has 1 fully saturated rings. The van der Waals surface area contributed by atoms with E-state index in [1.165, 1.54) is 0 Å². The number of benzene rings is 2. The summed E-state index contributed by atoms with van der Waals surface area (Å²) in [5.41, 5.74) is 1.75. The summed E-state index contributed by atoms with van der Waals surface area (Å²) in [6, 6.07) is 14.7. The van der Waals surface area contributed by atoms with E-state index in [4.69, 9.17) is 4.74 Å². The molecule has 3 aromatic rings. The SMILES string of the molecule is CCOc1ccccc1CNC(=O)Cn1ccc2cc(S(=O)(=O)N3CCCCCC3)ccc21. The third-order valence-corrected chi connectivity index (χ3v) is 7.90. The maximum Gasteiger partial charge on any atom is 0.243 e. The molecule has 0 aliphatic carbocycles. The van der Waals surface area contributed by atoms with Crippen molar-refractivity contribution < 1.29 is 17.9 Å². The van der Waals surface area contributed by atoms with E-state index in [2.05, 4.69) is 5.32 Å². The number of nitrogens with zero attached hydrogens (tertiary/aromatic N) is 2. The first kappa shape index (κ1) is 23.3. The fourth-order valence-corrected chi connectivity index (χ4v) is 5.81. The summed E-state index contributed by atoms with van der Waals surface area (Å²) in [6.07, 6.45) is 5.78. The van der Waals surface area contributed by atoms with Crippen molar-refractivity contribution in [2.75, 3.05) is 19.7 Å². The number of hydrogen-bond donors (Lipinski definition) is 1. The molecule has 33 heavy (non-hydrogen) atoms. The van der Waals surface area contributed by atoms with E-state index < -0.39 is 10.0 Å². The molecule has 1 aromatic heterocycles. The van der Waals surface area contributed by atoms with Crippen LogP contribution in [0.5, 0.6) is 5.75 Å². The van der Waals surface area contributed by atoms with Gasteiger partial charge >= 0.3 is 0 Å². The minimum absolute atomic E-state index is 0.125. The number of carbonyl (C=O) groups excluding carboxylic acids is 1. The first-order valence-corrected chi connectivity index (χ1v) is 13.0. The minimum Gasteiger partial charge on any atom is -0.494 e. The zero-order chi connectivity index (χ0) is 23.3. The van der Waals surface area contributed by atoms with Crippen LogP contribution in [0.4, 0.5) is 0 Å². The number of ether oxygens (including phenoxy) is 1. The van der Waals surface area contributed by atoms with Crippen LogP contribution in [0.1, 0.15) is 38.2 Å². The van der Waals surface area contributed by atoms with Crippen molar-refractivity contribution in [2.45, 2.75) is 50.6 Å². The summed E-state index contributed by atoms with van der Waals surface area (Å²) in [5, 5.41) is 3.75. The second kappa shape index (κ2) is 10.4. The van der Waals surface area contributed by atoms with Crippen molar-refractivity contribution in [3.63, 3.8) is 0 Å². The van der Waals surface area contributed by atoms with Gasteiger partial charge in [-0.2, -0.15) is 4.31 Å². The van der Waals surface area contributed by atoms with Crippen molar-refractivity contribution in [1.82, 2.24) is 14.2 Å². The van der Waals surface area contributed by atoms with E-state index in [0.717, 1.165) is 47.9 Å². The highest BCUT2D eigenvalue weighted by molar-refractivity contribution is 7.89. The highest BCUT2D eigenvalue weighted by atomic mass is 32.2. The molecule has 1 aliphatic rings. The molecule has 1 aliphatic heterocycles. The lowest BCUT2D eigenvalue weighted by Gasteiger charge is -2.20. The zero-order valence-electron chi connectivity index (χ0n) is 19.0. The summed E-state index contributed by atoms with van der Waals surface area (Å²) in [4.78, 5) is 12.9. The largest absolute Gasteiger partial charge is 0.494 e. The van der Waals surface area contributed by atoms with Gasteiger partial charge in [-0.15, -0.1) is 0 Å². The summed E-state index contributed by atoms with van der Waals surface area (Å²) >= 11 is 0. The highest BCUT2D eigenvalue weighted by Crippen LogP contribution is 2.25. The molecule has 2 aromatic carbocycles. The molecule has 4 rings (SSSR count). The normalized spacial score (nSPS) is 15.3. The van der Waals surface area contributed by atoms with E-state index in [1.54, 1.807) is 22.5 Å². The Morgan fingerprint density at radius 2 is 1.79 bits per heavy atom. The lowest BCUT2D eigenvalue weighted by atomic mass is 10.2. The van der Waals surface area contributed by atoms with Gasteiger partial charge in [0.05, 0.1) is 11.5 Å². The van der Waals surface area contributed by atoms with Gasteiger partial charge in [-0.25, -0.2) is 8.42 Å². The van der Waals surface area contributed by atoms with Gasteiger partial charge in [0.15, 0.2) is 0 Å². The Morgan fingerprint density at radius 3 is 2.55 bits per heavy atom. The number of para-hydroxylation sites is 1. The predicted molar refractivity (Wildman–Crippen MR) is 129 cm³/mol. The van der Waals surface area contributed by atoms with Crippen LogP contribution in [0.25, 0.3) is 10.9 Å². The first-order chi connectivity index (χ1) is 16.0. The number of rotatable bonds is 8. The highest BCUT2D eigenvalue weighted by Gasteiger charge is 2.25. The van der Waals surface area contributed by atoms with Gasteiger partial charge in [0, 0.05) is 42.3 Å². The zero-order valence-corrected chi connectivity index (χ0v) is 19.8. The molecule has 0 bridgehead atoms. The first-order valence-electron chi connectivity index (χ1n) is 11.6. The summed E-state index contributed by atoms with van der Waals surface area (Å²) in [5.74, 6) is 0.643. The topological polar surface area (TPSA) is 80.6 Å². The van der Waals surface area contributed by atoms with E-state index in [1.807, 2.05) is 48.0 Å². The van der Waals surface area contributed by atoms with E-state index in [0.29, 0.717) is 31.1 Å². The number of aromatic nitrogens is 1. The quantitative estimate of drug-likeness (QED) is 0.542. The Bertz CT molecular complexity index is 1210. The smallest absolute Gasteiger partial charge is 0.243 e. The van der Waals surface area contributed by atoms with E-state index in [-0.39, 0.29) is 12.5 Å². The van der Waals surface area contributed by atoms with Crippen LogP contribution in [0.3, 0.4) is 0 Å². The Morgan fingerprint density at radius 1 is 1.03 bits per heavy atom. The van der Waals surface area contributed by atoms with Crippen LogP contribution in [0.15, 0.2) is 59.6 Å². The number of sulfonamides is 1. The van der Waals surface area contributed by atoms with Crippen LogP contribution >= 0.6 is 0 Å². The molecule has 2 heterocycles. The molecular formula is C25H31N3O4S. The van der Waals surface area contributed by atoms with Gasteiger partial charge < -0.3 is 14.6 Å². The summed E-state index contributed by atoms with van der Waals surface area (Å²) in [7, 11) is -3.51. The lowest BCUT2D eigenvalue weighted by Crippen LogP contribution is -2.31. The van der Waals surface area contributed by atoms with Crippen molar-refractivity contribution in [1.29, 1.82) is 0 Å². The maximum absolute atomic E-state index is 13.1. The molecular weight excluding hydrogens is 438 g/mol. The Labute approximate surface area is 195 Å². The molecule has 7 nitrogen and oxygen atoms in total. The van der Waals surface area contributed by atoms with E-state index in [9.17, 15) is 13.2 Å². The maximum atomic E-state index is 13.1. The van der Waals surface area contributed by atoms with Crippen LogP contribution in [0.2, 0.25) is 0 Å². The Hall–Kier alpha value is -2.84. The van der Waals surface area contributed by atoms with Crippen molar-refractivity contribution in [3.8, 4) is 5.75 Å². The van der Waals surface area contributed by atoms with Gasteiger partial charge in [0.1, 0.15) is 12.3 Å². The molecule has 0 saturated carbocycles. The van der Waals surface area contributed by atoms with Crippen molar-refractivity contribution in [2.24, 2.45) is 0 Å². The summed E-state index contributed by atoms with van der Waals surface area (Å²) in [6.45, 7) is 4.18. The monoisotopic (exact) mass is 469 g/mol. The van der Waals surface area contributed by atoms with E-state index >= 15 is 0 Å². The second-order valence-electron chi connectivity index (χ2n) is 8.30. The molecule has 1 saturated heterocycles. The van der Waals surface area contributed by atoms with Gasteiger partial charge in [0.2, 0.25) is 15.9 Å². The molecule has 1 N–H and O–H groups in total. The second-order valence-corrected chi connectivity index (χ2v) is 10.2. The van der Waals surface area contributed by atoms with Crippen molar-refractivity contribution in [3.05, 3.63) is 60.3 Å². The molecule has 0 atom stereocenters. The fourth-order valence-electron chi connectivity index (χ4n) is 4.26. The third-order valence-electron chi connectivity index (χ3n) is 6.01. The van der Waals surface area contributed by atoms with Gasteiger partial charge in [-0.05, 0) is 50.1 Å². The molecule has 8 heteroatoms. The van der Waals surface area contributed by atoms with Gasteiger partial charge in [-0.3, -0.25) is 4.79 Å². The minimum atomic E-state index is -3.51. The fraction of sp³-hybridized carbons (Fsp3) is 0.400. The number of nitrogens with one attached hydrogen (secondary N) is 1. The summed E-state index contributed by atoms with van der Waals surface area (Å²) < 4.78 is 35.3. The Balaban J connectivity index is 1.45. The average molecular weight is 470 g/mol. The van der Waals surface area contributed by atoms with Crippen LogP contribution in [-0.4, -0.2) is 42.9 Å². The van der Waals surface area contributed by atoms with Crippen LogP contribution < -0.4 is 10.1 Å². The third kappa shape index (κ3) is 5.39. The van der Waals surface area contributed by atoms with Crippen molar-refractivity contribution >= 4 is 26.8 Å². The number of fused-ring (bicyclic) bond motifs is 1. The average Bonchev–Trinajstić information content (AvgIpc) is 3.01. The number of amides is 1. The molecule has 1 amide bonds. The van der Waals surface area contributed by atoms with Crippen LogP contribution in [-0.2, 0) is 27.9 Å². The molecule has 176 valence electrons. The van der Waals surface area contributed by atoms with Crippen LogP contribution in [0, 0.1) is 0 Å². The molecule has 0 radical (unpaired) electrons. The Kier molecular flexibility index (Phi) is 7.35. The van der Waals surface area contributed by atoms with Gasteiger partial charge in [-0.1, -0.05) is 31.0 Å². The number of hydrogen-bond acceptors (Lipinski definition) is 4. The molecule has 0 spiro atoms. The van der Waals surface area contributed by atoms with Gasteiger partial charge in [0.25, 0.3) is 0 Å². The predicted octanol–water partition coefficient (Wildman–Crippen LogP) is 3.92. The standard InChI is InChI=1S/C25H31N3O4S/c1-2-32-24-10-6-5-9-21(24)18-26-25(29)19-27-16-13-20-17-22(11-12-23(20)27)33(30,31)28-14-7-3-4-8-15-28/h5-6,9-13,16-17H,2-4,7-8,14-15,18-19H2,1H3,(H,26,29).